The zero-order valence-electron chi connectivity index (χ0n) is 10.4. The second-order valence-corrected chi connectivity index (χ2v) is 3.87. The standard InChI is InChI=1S/C13H22N2O2/c1-16-7-8-17-11-13(9-14)15-10-12-5-3-2-4-6-12/h2-6,13,15H,7-11,14H2,1H3. The van der Waals surface area contributed by atoms with Gasteiger partial charge >= 0.3 is 0 Å². The van der Waals surface area contributed by atoms with Gasteiger partial charge in [-0.05, 0) is 5.56 Å². The molecular formula is C13H22N2O2. The summed E-state index contributed by atoms with van der Waals surface area (Å²) in [4.78, 5) is 0. The van der Waals surface area contributed by atoms with Gasteiger partial charge in [0.1, 0.15) is 0 Å². The zero-order chi connectivity index (χ0) is 12.3. The fraction of sp³-hybridized carbons (Fsp3) is 0.538. The molecule has 96 valence electrons. The second-order valence-electron chi connectivity index (χ2n) is 3.87. The van der Waals surface area contributed by atoms with Gasteiger partial charge in [-0.3, -0.25) is 0 Å². The summed E-state index contributed by atoms with van der Waals surface area (Å²) in [7, 11) is 1.66. The molecule has 0 saturated heterocycles. The van der Waals surface area contributed by atoms with Gasteiger partial charge in [0.15, 0.2) is 0 Å². The number of nitrogens with one attached hydrogen (secondary N) is 1. The Morgan fingerprint density at radius 2 is 2.00 bits per heavy atom. The molecule has 1 atom stereocenters. The van der Waals surface area contributed by atoms with E-state index in [2.05, 4.69) is 17.4 Å². The molecule has 0 saturated carbocycles. The van der Waals surface area contributed by atoms with Gasteiger partial charge in [0.25, 0.3) is 0 Å². The number of ether oxygens (including phenoxy) is 2. The molecule has 3 N–H and O–H groups in total. The maximum atomic E-state index is 5.68. The van der Waals surface area contributed by atoms with Crippen LogP contribution in [0.25, 0.3) is 0 Å². The Balaban J connectivity index is 2.18. The minimum absolute atomic E-state index is 0.187. The van der Waals surface area contributed by atoms with Crippen LogP contribution in [0.1, 0.15) is 5.56 Å². The maximum absolute atomic E-state index is 5.68. The van der Waals surface area contributed by atoms with E-state index in [0.717, 1.165) is 6.54 Å². The summed E-state index contributed by atoms with van der Waals surface area (Å²) >= 11 is 0. The second kappa shape index (κ2) is 9.13. The molecule has 0 bridgehead atoms. The zero-order valence-corrected chi connectivity index (χ0v) is 10.4. The summed E-state index contributed by atoms with van der Waals surface area (Å²) in [5.41, 5.74) is 6.93. The molecule has 0 aromatic heterocycles. The van der Waals surface area contributed by atoms with E-state index in [9.17, 15) is 0 Å². The van der Waals surface area contributed by atoms with Gasteiger partial charge in [0.05, 0.1) is 19.8 Å². The molecule has 0 aliphatic carbocycles. The lowest BCUT2D eigenvalue weighted by Gasteiger charge is -2.17. The van der Waals surface area contributed by atoms with E-state index >= 15 is 0 Å². The van der Waals surface area contributed by atoms with Crippen LogP contribution < -0.4 is 11.1 Å². The van der Waals surface area contributed by atoms with Gasteiger partial charge in [-0.2, -0.15) is 0 Å². The van der Waals surface area contributed by atoms with Crippen LogP contribution in [0, 0.1) is 0 Å². The molecule has 0 aliphatic rings. The molecule has 0 amide bonds. The van der Waals surface area contributed by atoms with Crippen LogP contribution in [-0.2, 0) is 16.0 Å². The van der Waals surface area contributed by atoms with E-state index in [4.69, 9.17) is 15.2 Å². The molecule has 0 fully saturated rings. The Hall–Kier alpha value is -0.940. The summed E-state index contributed by atoms with van der Waals surface area (Å²) in [5, 5.41) is 3.37. The van der Waals surface area contributed by atoms with Crippen LogP contribution >= 0.6 is 0 Å². The summed E-state index contributed by atoms with van der Waals surface area (Å²) in [6.45, 7) is 3.23. The smallest absolute Gasteiger partial charge is 0.0701 e. The maximum Gasteiger partial charge on any atom is 0.0701 e. The monoisotopic (exact) mass is 238 g/mol. The van der Waals surface area contributed by atoms with E-state index in [1.807, 2.05) is 18.2 Å². The number of benzene rings is 1. The molecule has 4 nitrogen and oxygen atoms in total. The van der Waals surface area contributed by atoms with Crippen LogP contribution in [-0.4, -0.2) is 39.5 Å². The molecule has 0 radical (unpaired) electrons. The Morgan fingerprint density at radius 1 is 1.24 bits per heavy atom. The van der Waals surface area contributed by atoms with Crippen molar-refractivity contribution in [3.05, 3.63) is 35.9 Å². The fourth-order valence-corrected chi connectivity index (χ4v) is 1.44. The third-order valence-corrected chi connectivity index (χ3v) is 2.47. The molecule has 17 heavy (non-hydrogen) atoms. The minimum atomic E-state index is 0.187. The van der Waals surface area contributed by atoms with Gasteiger partial charge in [-0.15, -0.1) is 0 Å². The first-order valence-electron chi connectivity index (χ1n) is 5.91. The lowest BCUT2D eigenvalue weighted by atomic mass is 10.2. The van der Waals surface area contributed by atoms with Crippen LogP contribution in [0.3, 0.4) is 0 Å². The van der Waals surface area contributed by atoms with Gasteiger partial charge in [-0.25, -0.2) is 0 Å². The number of hydrogen-bond acceptors (Lipinski definition) is 4. The summed E-state index contributed by atoms with van der Waals surface area (Å²) < 4.78 is 10.4. The highest BCUT2D eigenvalue weighted by atomic mass is 16.5. The van der Waals surface area contributed by atoms with Gasteiger partial charge in [0.2, 0.25) is 0 Å². The van der Waals surface area contributed by atoms with Gasteiger partial charge < -0.3 is 20.5 Å². The molecule has 1 rings (SSSR count). The molecular weight excluding hydrogens is 216 g/mol. The quantitative estimate of drug-likeness (QED) is 0.624. The molecule has 0 aliphatic heterocycles. The van der Waals surface area contributed by atoms with Gasteiger partial charge in [0, 0.05) is 26.2 Å². The largest absolute Gasteiger partial charge is 0.382 e. The van der Waals surface area contributed by atoms with Crippen molar-refractivity contribution >= 4 is 0 Å². The van der Waals surface area contributed by atoms with Gasteiger partial charge in [-0.1, -0.05) is 30.3 Å². The van der Waals surface area contributed by atoms with Crippen molar-refractivity contribution in [3.63, 3.8) is 0 Å². The van der Waals surface area contributed by atoms with E-state index in [1.165, 1.54) is 5.56 Å². The lowest BCUT2D eigenvalue weighted by molar-refractivity contribution is 0.0595. The number of nitrogens with two attached hydrogens (primary N) is 1. The van der Waals surface area contributed by atoms with Crippen molar-refractivity contribution in [1.29, 1.82) is 0 Å². The topological polar surface area (TPSA) is 56.5 Å². The van der Waals surface area contributed by atoms with E-state index in [-0.39, 0.29) is 6.04 Å². The summed E-state index contributed by atoms with van der Waals surface area (Å²) in [6.07, 6.45) is 0. The average Bonchev–Trinajstić information content (AvgIpc) is 2.39. The first kappa shape index (κ1) is 14.1. The van der Waals surface area contributed by atoms with E-state index < -0.39 is 0 Å². The Morgan fingerprint density at radius 3 is 2.65 bits per heavy atom. The molecule has 0 spiro atoms. The van der Waals surface area contributed by atoms with Crippen molar-refractivity contribution < 1.29 is 9.47 Å². The highest BCUT2D eigenvalue weighted by Gasteiger charge is 2.05. The molecule has 1 aromatic carbocycles. The highest BCUT2D eigenvalue weighted by molar-refractivity contribution is 5.14. The first-order valence-corrected chi connectivity index (χ1v) is 5.91. The minimum Gasteiger partial charge on any atom is -0.382 e. The number of hydrogen-bond donors (Lipinski definition) is 2. The SMILES string of the molecule is COCCOCC(CN)NCc1ccccc1. The average molecular weight is 238 g/mol. The summed E-state index contributed by atoms with van der Waals surface area (Å²) in [6, 6.07) is 10.4. The molecule has 1 unspecified atom stereocenters. The van der Waals surface area contributed by atoms with Crippen molar-refractivity contribution in [3.8, 4) is 0 Å². The van der Waals surface area contributed by atoms with Crippen molar-refractivity contribution in [1.82, 2.24) is 5.32 Å². The van der Waals surface area contributed by atoms with Crippen molar-refractivity contribution in [2.45, 2.75) is 12.6 Å². The van der Waals surface area contributed by atoms with E-state index in [1.54, 1.807) is 7.11 Å². The lowest BCUT2D eigenvalue weighted by Crippen LogP contribution is -2.39. The first-order chi connectivity index (χ1) is 8.36. The normalized spacial score (nSPS) is 12.6. The highest BCUT2D eigenvalue weighted by Crippen LogP contribution is 1.98. The Bertz CT molecular complexity index is 280. The number of methoxy groups -OCH3 is 1. The van der Waals surface area contributed by atoms with Crippen molar-refractivity contribution in [2.75, 3.05) is 33.5 Å². The van der Waals surface area contributed by atoms with Crippen LogP contribution in [0.4, 0.5) is 0 Å². The Labute approximate surface area is 103 Å². The molecule has 4 heteroatoms. The Kier molecular flexibility index (Phi) is 7.58. The predicted molar refractivity (Wildman–Crippen MR) is 68.8 cm³/mol. The molecule has 1 aromatic rings. The van der Waals surface area contributed by atoms with Crippen molar-refractivity contribution in [2.24, 2.45) is 5.73 Å². The predicted octanol–water partition coefficient (Wildman–Crippen LogP) is 0.767. The van der Waals surface area contributed by atoms with Crippen LogP contribution in [0.5, 0.6) is 0 Å². The number of rotatable bonds is 9. The van der Waals surface area contributed by atoms with E-state index in [0.29, 0.717) is 26.4 Å². The van der Waals surface area contributed by atoms with Crippen LogP contribution in [0.2, 0.25) is 0 Å². The third-order valence-electron chi connectivity index (χ3n) is 2.47. The van der Waals surface area contributed by atoms with Crippen LogP contribution in [0.15, 0.2) is 30.3 Å². The molecule has 0 heterocycles. The third kappa shape index (κ3) is 6.38. The fourth-order valence-electron chi connectivity index (χ4n) is 1.44. The summed E-state index contributed by atoms with van der Waals surface area (Å²) in [5.74, 6) is 0.